The van der Waals surface area contributed by atoms with Crippen molar-refractivity contribution in [3.63, 3.8) is 0 Å². The lowest BCUT2D eigenvalue weighted by Gasteiger charge is -2.08. The largest absolute Gasteiger partial charge is 0.454 e. The lowest BCUT2D eigenvalue weighted by atomic mass is 10.2. The Kier molecular flexibility index (Phi) is 3.95. The fourth-order valence-corrected chi connectivity index (χ4v) is 2.56. The van der Waals surface area contributed by atoms with Crippen LogP contribution in [-0.2, 0) is 6.54 Å². The van der Waals surface area contributed by atoms with Crippen molar-refractivity contribution in [2.75, 3.05) is 12.1 Å². The first-order valence-corrected chi connectivity index (χ1v) is 7.84. The number of ether oxygens (including phenoxy) is 2. The second-order valence-electron chi connectivity index (χ2n) is 5.74. The highest BCUT2D eigenvalue weighted by Gasteiger charge is 2.19. The minimum Gasteiger partial charge on any atom is -0.454 e. The Morgan fingerprint density at radius 3 is 2.85 bits per heavy atom. The van der Waals surface area contributed by atoms with Crippen molar-refractivity contribution in [2.24, 2.45) is 0 Å². The average molecular weight is 371 g/mol. The molecule has 0 unspecified atom stereocenters. The zero-order chi connectivity index (χ0) is 19.0. The zero-order valence-corrected chi connectivity index (χ0v) is 14.0. The normalized spacial score (nSPS) is 12.2. The maximum atomic E-state index is 12.6. The number of fused-ring (bicyclic) bond motifs is 1. The number of aromatic nitrogens is 4. The SMILES string of the molecule is Cc1nonc1NC(=O)c1c[nH]c(=O)n(Cc2ccc3c(c2)OCO3)c1=O. The van der Waals surface area contributed by atoms with Crippen LogP contribution in [0.4, 0.5) is 5.82 Å². The number of amides is 1. The maximum absolute atomic E-state index is 12.6. The molecule has 0 radical (unpaired) electrons. The minimum atomic E-state index is -0.747. The number of H-pyrrole nitrogens is 1. The van der Waals surface area contributed by atoms with Crippen molar-refractivity contribution in [3.05, 3.63) is 62.1 Å². The molecular weight excluding hydrogens is 358 g/mol. The van der Waals surface area contributed by atoms with E-state index in [9.17, 15) is 14.4 Å². The molecule has 0 saturated heterocycles. The lowest BCUT2D eigenvalue weighted by molar-refractivity contribution is 0.102. The van der Waals surface area contributed by atoms with Crippen molar-refractivity contribution < 1.29 is 18.9 Å². The molecule has 138 valence electrons. The van der Waals surface area contributed by atoms with Crippen LogP contribution in [0.1, 0.15) is 21.6 Å². The number of aryl methyl sites for hydroxylation is 1. The van der Waals surface area contributed by atoms with Gasteiger partial charge < -0.3 is 19.8 Å². The van der Waals surface area contributed by atoms with Gasteiger partial charge in [-0.25, -0.2) is 9.42 Å². The van der Waals surface area contributed by atoms with Gasteiger partial charge in [-0.3, -0.25) is 14.2 Å². The van der Waals surface area contributed by atoms with E-state index in [4.69, 9.17) is 9.47 Å². The van der Waals surface area contributed by atoms with Crippen LogP contribution in [-0.4, -0.2) is 32.6 Å². The van der Waals surface area contributed by atoms with E-state index in [0.717, 1.165) is 10.8 Å². The van der Waals surface area contributed by atoms with Crippen LogP contribution in [0.25, 0.3) is 0 Å². The molecule has 27 heavy (non-hydrogen) atoms. The molecule has 3 aromatic rings. The van der Waals surface area contributed by atoms with Gasteiger partial charge in [0.05, 0.1) is 6.54 Å². The van der Waals surface area contributed by atoms with Crippen LogP contribution in [0, 0.1) is 6.92 Å². The van der Waals surface area contributed by atoms with Gasteiger partial charge >= 0.3 is 5.69 Å². The number of anilines is 1. The van der Waals surface area contributed by atoms with Gasteiger partial charge in [0.1, 0.15) is 11.3 Å². The molecule has 2 aromatic heterocycles. The summed E-state index contributed by atoms with van der Waals surface area (Å²) in [6, 6.07) is 5.07. The summed E-state index contributed by atoms with van der Waals surface area (Å²) >= 11 is 0. The smallest absolute Gasteiger partial charge is 0.328 e. The number of nitrogens with zero attached hydrogens (tertiary/aromatic N) is 3. The van der Waals surface area contributed by atoms with Crippen LogP contribution >= 0.6 is 0 Å². The molecule has 4 rings (SSSR count). The summed E-state index contributed by atoms with van der Waals surface area (Å²) in [5.41, 5.74) is -0.649. The predicted octanol–water partition coefficient (Wildman–Crippen LogP) is 0.257. The van der Waals surface area contributed by atoms with Gasteiger partial charge in [0.15, 0.2) is 11.5 Å². The van der Waals surface area contributed by atoms with Gasteiger partial charge in [0.25, 0.3) is 11.5 Å². The van der Waals surface area contributed by atoms with Gasteiger partial charge in [-0.1, -0.05) is 11.2 Å². The molecule has 11 heteroatoms. The molecular formula is C16H13N5O6. The Bertz CT molecular complexity index is 1140. The number of carbonyl (C=O) groups excluding carboxylic acids is 1. The minimum absolute atomic E-state index is 0.0452. The quantitative estimate of drug-likeness (QED) is 0.665. The molecule has 3 heterocycles. The van der Waals surface area contributed by atoms with E-state index in [1.165, 1.54) is 0 Å². The van der Waals surface area contributed by atoms with Crippen molar-refractivity contribution in [3.8, 4) is 11.5 Å². The van der Waals surface area contributed by atoms with Crippen LogP contribution < -0.4 is 26.0 Å². The number of hydrogen-bond donors (Lipinski definition) is 2. The molecule has 1 amide bonds. The van der Waals surface area contributed by atoms with E-state index >= 15 is 0 Å². The summed E-state index contributed by atoms with van der Waals surface area (Å²) in [7, 11) is 0. The highest BCUT2D eigenvalue weighted by Crippen LogP contribution is 2.32. The molecule has 1 aliphatic heterocycles. The standard InChI is InChI=1S/C16H13N5O6/c1-8-13(20-27-19-8)18-14(22)10-5-17-16(24)21(15(10)23)6-9-2-3-11-12(4-9)26-7-25-11/h2-5H,6-7H2,1H3,(H,17,24)(H,18,20,22). The highest BCUT2D eigenvalue weighted by molar-refractivity contribution is 6.03. The first-order chi connectivity index (χ1) is 13.0. The first-order valence-electron chi connectivity index (χ1n) is 7.84. The molecule has 1 aromatic carbocycles. The Labute approximate surface area is 150 Å². The summed E-state index contributed by atoms with van der Waals surface area (Å²) in [5, 5.41) is 9.48. The van der Waals surface area contributed by atoms with E-state index < -0.39 is 17.2 Å². The van der Waals surface area contributed by atoms with E-state index in [2.05, 4.69) is 25.2 Å². The van der Waals surface area contributed by atoms with Gasteiger partial charge in [0.2, 0.25) is 12.6 Å². The predicted molar refractivity (Wildman–Crippen MR) is 90.0 cm³/mol. The third-order valence-corrected chi connectivity index (χ3v) is 3.97. The molecule has 11 nitrogen and oxygen atoms in total. The highest BCUT2D eigenvalue weighted by atomic mass is 16.7. The number of hydrogen-bond acceptors (Lipinski definition) is 8. The van der Waals surface area contributed by atoms with Crippen LogP contribution in [0.3, 0.4) is 0 Å². The molecule has 0 saturated carbocycles. The summed E-state index contributed by atoms with van der Waals surface area (Å²) in [6.45, 7) is 1.65. The Morgan fingerprint density at radius 1 is 1.26 bits per heavy atom. The number of nitrogens with one attached hydrogen (secondary N) is 2. The van der Waals surface area contributed by atoms with Crippen molar-refractivity contribution >= 4 is 11.7 Å². The fraction of sp³-hybridized carbons (Fsp3) is 0.188. The Hall–Kier alpha value is -3.89. The first kappa shape index (κ1) is 16.6. The number of benzene rings is 1. The number of carbonyl (C=O) groups is 1. The average Bonchev–Trinajstić information content (AvgIpc) is 3.27. The van der Waals surface area contributed by atoms with E-state index in [-0.39, 0.29) is 24.7 Å². The molecule has 0 fully saturated rings. The van der Waals surface area contributed by atoms with Crippen LogP contribution in [0.2, 0.25) is 0 Å². The monoisotopic (exact) mass is 371 g/mol. The third-order valence-electron chi connectivity index (χ3n) is 3.97. The molecule has 0 bridgehead atoms. The zero-order valence-electron chi connectivity index (χ0n) is 14.0. The Morgan fingerprint density at radius 2 is 2.07 bits per heavy atom. The Balaban J connectivity index is 1.65. The lowest BCUT2D eigenvalue weighted by Crippen LogP contribution is -2.39. The van der Waals surface area contributed by atoms with Gasteiger partial charge in [-0.15, -0.1) is 0 Å². The second-order valence-corrected chi connectivity index (χ2v) is 5.74. The topological polar surface area (TPSA) is 141 Å². The second kappa shape index (κ2) is 6.44. The van der Waals surface area contributed by atoms with Gasteiger partial charge in [0, 0.05) is 6.20 Å². The molecule has 1 aliphatic rings. The third kappa shape index (κ3) is 3.05. The fourth-order valence-electron chi connectivity index (χ4n) is 2.56. The van der Waals surface area contributed by atoms with Crippen molar-refractivity contribution in [1.29, 1.82) is 0 Å². The van der Waals surface area contributed by atoms with Gasteiger partial charge in [-0.05, 0) is 29.8 Å². The van der Waals surface area contributed by atoms with E-state index in [1.54, 1.807) is 25.1 Å². The molecule has 2 N–H and O–H groups in total. The summed E-state index contributed by atoms with van der Waals surface area (Å²) < 4.78 is 15.9. The molecule has 0 atom stereocenters. The van der Waals surface area contributed by atoms with Crippen molar-refractivity contribution in [1.82, 2.24) is 19.9 Å². The van der Waals surface area contributed by atoms with Crippen LogP contribution in [0.5, 0.6) is 11.5 Å². The molecule has 0 spiro atoms. The number of rotatable bonds is 4. The molecule has 0 aliphatic carbocycles. The van der Waals surface area contributed by atoms with Crippen LogP contribution in [0.15, 0.2) is 38.6 Å². The van der Waals surface area contributed by atoms with Gasteiger partial charge in [-0.2, -0.15) is 0 Å². The summed E-state index contributed by atoms with van der Waals surface area (Å²) in [5.74, 6) is 0.465. The summed E-state index contributed by atoms with van der Waals surface area (Å²) in [4.78, 5) is 39.5. The number of aromatic amines is 1. The van der Waals surface area contributed by atoms with E-state index in [1.807, 2.05) is 0 Å². The summed E-state index contributed by atoms with van der Waals surface area (Å²) in [6.07, 6.45) is 1.05. The maximum Gasteiger partial charge on any atom is 0.328 e. The van der Waals surface area contributed by atoms with E-state index in [0.29, 0.717) is 22.8 Å². The van der Waals surface area contributed by atoms with Crippen molar-refractivity contribution in [2.45, 2.75) is 13.5 Å².